The summed E-state index contributed by atoms with van der Waals surface area (Å²) in [5.74, 6) is -0.881. The third-order valence-corrected chi connectivity index (χ3v) is 2.81. The lowest BCUT2D eigenvalue weighted by atomic mass is 10.0. The van der Waals surface area contributed by atoms with E-state index in [4.69, 9.17) is 0 Å². The van der Waals surface area contributed by atoms with Crippen molar-refractivity contribution in [1.82, 2.24) is 4.98 Å². The van der Waals surface area contributed by atoms with Crippen LogP contribution in [0.1, 0.15) is 21.7 Å². The number of hydrogen-bond donors (Lipinski definition) is 0. The Bertz CT molecular complexity index is 650. The number of alkyl halides is 3. The molecule has 3 nitrogen and oxygen atoms in total. The Kier molecular flexibility index (Phi) is 3.18. The zero-order valence-corrected chi connectivity index (χ0v) is 10.2. The van der Waals surface area contributed by atoms with E-state index >= 15 is 0 Å². The maximum Gasteiger partial charge on any atom is 0.433 e. The fourth-order valence-corrected chi connectivity index (χ4v) is 1.91. The maximum absolute atomic E-state index is 13.0. The number of carbonyl (C=O) groups excluding carboxylic acids is 1. The summed E-state index contributed by atoms with van der Waals surface area (Å²) in [5, 5.41) is 0.311. The lowest BCUT2D eigenvalue weighted by Gasteiger charge is -2.13. The normalized spacial score (nSPS) is 11.6. The number of benzene rings is 1. The molecule has 0 aliphatic heterocycles. The second kappa shape index (κ2) is 4.53. The number of carbonyl (C=O) groups is 1. The van der Waals surface area contributed by atoms with E-state index in [9.17, 15) is 18.0 Å². The van der Waals surface area contributed by atoms with Gasteiger partial charge in [0.05, 0.1) is 7.11 Å². The average molecular weight is 269 g/mol. The van der Waals surface area contributed by atoms with Crippen molar-refractivity contribution < 1.29 is 22.7 Å². The number of fused-ring (bicyclic) bond motifs is 1. The minimum absolute atomic E-state index is 0.0276. The smallest absolute Gasteiger partial charge is 0.433 e. The number of nitrogens with zero attached hydrogens (tertiary/aromatic N) is 1. The lowest BCUT2D eigenvalue weighted by molar-refractivity contribution is -0.139. The molecule has 1 aromatic heterocycles. The number of hydrogen-bond acceptors (Lipinski definition) is 3. The van der Waals surface area contributed by atoms with Gasteiger partial charge in [-0.15, -0.1) is 0 Å². The summed E-state index contributed by atoms with van der Waals surface area (Å²) in [6.45, 7) is 1.54. The molecule has 0 amide bonds. The van der Waals surface area contributed by atoms with Crippen LogP contribution in [0.15, 0.2) is 24.3 Å². The number of aromatic nitrogens is 1. The Balaban J connectivity index is 2.88. The van der Waals surface area contributed by atoms with Gasteiger partial charge in [-0.3, -0.25) is 0 Å². The van der Waals surface area contributed by atoms with Gasteiger partial charge in [-0.2, -0.15) is 13.2 Å². The highest BCUT2D eigenvalue weighted by Crippen LogP contribution is 2.35. The molecule has 19 heavy (non-hydrogen) atoms. The van der Waals surface area contributed by atoms with E-state index in [1.807, 2.05) is 0 Å². The summed E-state index contributed by atoms with van der Waals surface area (Å²) in [5.41, 5.74) is -1.02. The number of aryl methyl sites for hydroxylation is 1. The SMILES string of the molecule is COC(=O)c1nc(C(F)(F)F)c2ccccc2c1C. The number of methoxy groups -OCH3 is 1. The van der Waals surface area contributed by atoms with Crippen molar-refractivity contribution in [3.8, 4) is 0 Å². The molecule has 0 atom stereocenters. The van der Waals surface area contributed by atoms with E-state index in [0.717, 1.165) is 7.11 Å². The van der Waals surface area contributed by atoms with E-state index in [1.165, 1.54) is 18.2 Å². The summed E-state index contributed by atoms with van der Waals surface area (Å²) in [7, 11) is 1.10. The molecule has 0 unspecified atom stereocenters. The molecule has 0 radical (unpaired) electrons. The molecule has 2 aromatic rings. The molecule has 0 saturated carbocycles. The van der Waals surface area contributed by atoms with E-state index in [-0.39, 0.29) is 11.1 Å². The zero-order chi connectivity index (χ0) is 14.2. The summed E-state index contributed by atoms with van der Waals surface area (Å²) in [6, 6.07) is 5.96. The van der Waals surface area contributed by atoms with Gasteiger partial charge in [-0.25, -0.2) is 9.78 Å². The van der Waals surface area contributed by atoms with Gasteiger partial charge in [0.1, 0.15) is 0 Å². The zero-order valence-electron chi connectivity index (χ0n) is 10.2. The fourth-order valence-electron chi connectivity index (χ4n) is 1.91. The van der Waals surface area contributed by atoms with Gasteiger partial charge in [0.25, 0.3) is 0 Å². The molecule has 0 N–H and O–H groups in total. The highest BCUT2D eigenvalue weighted by Gasteiger charge is 2.36. The molecule has 6 heteroatoms. The van der Waals surface area contributed by atoms with Crippen LogP contribution in [0.4, 0.5) is 13.2 Å². The molecule has 2 rings (SSSR count). The second-order valence-electron chi connectivity index (χ2n) is 3.97. The van der Waals surface area contributed by atoms with E-state index in [0.29, 0.717) is 10.9 Å². The second-order valence-corrected chi connectivity index (χ2v) is 3.97. The summed E-state index contributed by atoms with van der Waals surface area (Å²) >= 11 is 0. The minimum Gasteiger partial charge on any atom is -0.464 e. The van der Waals surface area contributed by atoms with Crippen LogP contribution < -0.4 is 0 Å². The van der Waals surface area contributed by atoms with Crippen LogP contribution in [0.5, 0.6) is 0 Å². The van der Waals surface area contributed by atoms with Crippen LogP contribution in [0.2, 0.25) is 0 Å². The minimum atomic E-state index is -4.63. The Morgan fingerprint density at radius 1 is 1.21 bits per heavy atom. The van der Waals surface area contributed by atoms with E-state index in [2.05, 4.69) is 9.72 Å². The number of pyridine rings is 1. The Morgan fingerprint density at radius 3 is 2.32 bits per heavy atom. The van der Waals surface area contributed by atoms with Crippen molar-refractivity contribution in [2.45, 2.75) is 13.1 Å². The molecular formula is C13H10F3NO2. The highest BCUT2D eigenvalue weighted by molar-refractivity contribution is 5.97. The van der Waals surface area contributed by atoms with Crippen LogP contribution in [0, 0.1) is 6.92 Å². The van der Waals surface area contributed by atoms with Crippen LogP contribution in [0.3, 0.4) is 0 Å². The lowest BCUT2D eigenvalue weighted by Crippen LogP contribution is -2.15. The Morgan fingerprint density at radius 2 is 1.79 bits per heavy atom. The molecule has 100 valence electrons. The molecule has 0 aliphatic rings. The van der Waals surface area contributed by atoms with Crippen molar-refractivity contribution in [2.24, 2.45) is 0 Å². The first kappa shape index (κ1) is 13.3. The van der Waals surface area contributed by atoms with Gasteiger partial charge in [0.15, 0.2) is 11.4 Å². The molecule has 1 aromatic carbocycles. The summed E-state index contributed by atoms with van der Waals surface area (Å²) < 4.78 is 43.4. The third-order valence-electron chi connectivity index (χ3n) is 2.81. The van der Waals surface area contributed by atoms with Gasteiger partial charge in [-0.1, -0.05) is 24.3 Å². The monoisotopic (exact) mass is 269 g/mol. The average Bonchev–Trinajstić information content (AvgIpc) is 2.37. The first-order valence-electron chi connectivity index (χ1n) is 5.41. The fraction of sp³-hybridized carbons (Fsp3) is 0.231. The molecule has 1 heterocycles. The first-order valence-corrected chi connectivity index (χ1v) is 5.41. The molecular weight excluding hydrogens is 259 g/mol. The van der Waals surface area contributed by atoms with Crippen LogP contribution in [-0.4, -0.2) is 18.1 Å². The van der Waals surface area contributed by atoms with Crippen LogP contribution in [-0.2, 0) is 10.9 Å². The third kappa shape index (κ3) is 2.25. The maximum atomic E-state index is 13.0. The van der Waals surface area contributed by atoms with Crippen molar-refractivity contribution >= 4 is 16.7 Å². The number of rotatable bonds is 1. The Hall–Kier alpha value is -2.11. The number of esters is 1. The molecule has 0 spiro atoms. The highest BCUT2D eigenvalue weighted by atomic mass is 19.4. The largest absolute Gasteiger partial charge is 0.464 e. The Labute approximate surface area is 107 Å². The quantitative estimate of drug-likeness (QED) is 0.745. The summed E-state index contributed by atoms with van der Waals surface area (Å²) in [4.78, 5) is 14.9. The number of ether oxygens (including phenoxy) is 1. The number of halogens is 3. The van der Waals surface area contributed by atoms with Gasteiger partial charge in [-0.05, 0) is 17.9 Å². The van der Waals surface area contributed by atoms with Crippen LogP contribution in [0.25, 0.3) is 10.8 Å². The predicted octanol–water partition coefficient (Wildman–Crippen LogP) is 3.35. The molecule has 0 fully saturated rings. The van der Waals surface area contributed by atoms with Gasteiger partial charge in [0, 0.05) is 5.39 Å². The van der Waals surface area contributed by atoms with Crippen molar-refractivity contribution in [2.75, 3.05) is 7.11 Å². The first-order chi connectivity index (χ1) is 8.86. The van der Waals surface area contributed by atoms with E-state index < -0.39 is 17.8 Å². The van der Waals surface area contributed by atoms with Crippen molar-refractivity contribution in [3.63, 3.8) is 0 Å². The predicted molar refractivity (Wildman–Crippen MR) is 62.8 cm³/mol. The molecule has 0 aliphatic carbocycles. The van der Waals surface area contributed by atoms with Crippen molar-refractivity contribution in [1.29, 1.82) is 0 Å². The molecule has 0 saturated heterocycles. The summed E-state index contributed by atoms with van der Waals surface area (Å²) in [6.07, 6.45) is -4.63. The van der Waals surface area contributed by atoms with Gasteiger partial charge >= 0.3 is 12.1 Å². The standard InChI is InChI=1S/C13H10F3NO2/c1-7-8-5-3-4-6-9(8)11(13(14,15)16)17-10(7)12(18)19-2/h3-6H,1-2H3. The van der Waals surface area contributed by atoms with Gasteiger partial charge < -0.3 is 4.74 Å². The van der Waals surface area contributed by atoms with Crippen molar-refractivity contribution in [3.05, 3.63) is 41.2 Å². The molecule has 0 bridgehead atoms. The van der Waals surface area contributed by atoms with E-state index in [1.54, 1.807) is 13.0 Å². The topological polar surface area (TPSA) is 39.2 Å². The van der Waals surface area contributed by atoms with Crippen LogP contribution >= 0.6 is 0 Å². The van der Waals surface area contributed by atoms with Gasteiger partial charge in [0.2, 0.25) is 0 Å².